The van der Waals surface area contributed by atoms with E-state index in [0.717, 1.165) is 36.1 Å². The van der Waals surface area contributed by atoms with Gasteiger partial charge in [0, 0.05) is 22.2 Å². The van der Waals surface area contributed by atoms with Crippen molar-refractivity contribution in [2.75, 3.05) is 0 Å². The second-order valence-corrected chi connectivity index (χ2v) is 8.47. The van der Waals surface area contributed by atoms with E-state index >= 15 is 0 Å². The van der Waals surface area contributed by atoms with Crippen LogP contribution in [0.5, 0.6) is 0 Å². The highest BCUT2D eigenvalue weighted by atomic mass is 32.2. The van der Waals surface area contributed by atoms with Crippen LogP contribution in [0.2, 0.25) is 0 Å². The second-order valence-electron chi connectivity index (χ2n) is 7.36. The fourth-order valence-electron chi connectivity index (χ4n) is 4.07. The molecule has 29 heavy (non-hydrogen) atoms. The van der Waals surface area contributed by atoms with Crippen molar-refractivity contribution in [1.82, 2.24) is 4.98 Å². The Morgan fingerprint density at radius 3 is 2.90 bits per heavy atom. The number of nitrogens with zero attached hydrogens (tertiary/aromatic N) is 1. The van der Waals surface area contributed by atoms with Gasteiger partial charge in [-0.2, -0.15) is 0 Å². The van der Waals surface area contributed by atoms with E-state index in [1.54, 1.807) is 24.4 Å². The zero-order valence-electron chi connectivity index (χ0n) is 16.0. The maximum absolute atomic E-state index is 14.0. The van der Waals surface area contributed by atoms with Crippen LogP contribution < -0.4 is 0 Å². The molecule has 1 atom stereocenters. The van der Waals surface area contributed by atoms with Crippen molar-refractivity contribution in [2.45, 2.75) is 47.8 Å². The molecule has 0 amide bonds. The summed E-state index contributed by atoms with van der Waals surface area (Å²) in [5.41, 5.74) is 3.80. The third kappa shape index (κ3) is 4.51. The monoisotopic (exact) mass is 407 g/mol. The Labute approximate surface area is 174 Å². The van der Waals surface area contributed by atoms with Gasteiger partial charge in [0.1, 0.15) is 5.82 Å². The number of carboxylic acid groups (broad SMARTS) is 1. The van der Waals surface area contributed by atoms with Gasteiger partial charge in [0.05, 0.1) is 5.56 Å². The molecule has 0 saturated heterocycles. The van der Waals surface area contributed by atoms with Crippen molar-refractivity contribution in [3.8, 4) is 0 Å². The molecule has 2 aromatic carbocycles. The van der Waals surface area contributed by atoms with Crippen molar-refractivity contribution in [2.24, 2.45) is 0 Å². The fraction of sp³-hybridized carbons (Fsp3) is 0.250. The quantitative estimate of drug-likeness (QED) is 0.535. The smallest absolute Gasteiger partial charge is 0.336 e. The molecule has 4 rings (SSSR count). The maximum atomic E-state index is 14.0. The SMILES string of the molecule is O=C(O)c1ccncc1CC[C@H]1CCCc2cc(Sc3ccccc3F)ccc21. The molecule has 0 spiro atoms. The van der Waals surface area contributed by atoms with Gasteiger partial charge in [0.2, 0.25) is 0 Å². The lowest BCUT2D eigenvalue weighted by atomic mass is 9.80. The van der Waals surface area contributed by atoms with Gasteiger partial charge >= 0.3 is 5.97 Å². The van der Waals surface area contributed by atoms with Gasteiger partial charge < -0.3 is 5.11 Å². The summed E-state index contributed by atoms with van der Waals surface area (Å²) in [5.74, 6) is -0.687. The molecule has 0 unspecified atom stereocenters. The zero-order chi connectivity index (χ0) is 20.2. The first-order valence-corrected chi connectivity index (χ1v) is 10.6. The predicted octanol–water partition coefficient (Wildman–Crippen LogP) is 6.12. The number of aryl methyl sites for hydroxylation is 2. The Hall–Kier alpha value is -2.66. The number of aromatic carboxylic acids is 1. The van der Waals surface area contributed by atoms with E-state index in [0.29, 0.717) is 22.8 Å². The molecule has 0 saturated carbocycles. The number of pyridine rings is 1. The molecule has 1 aromatic heterocycles. The summed E-state index contributed by atoms with van der Waals surface area (Å²) in [5, 5.41) is 9.37. The number of hydrogen-bond acceptors (Lipinski definition) is 3. The number of carbonyl (C=O) groups is 1. The minimum atomic E-state index is -0.902. The predicted molar refractivity (Wildman–Crippen MR) is 112 cm³/mol. The van der Waals surface area contributed by atoms with Gasteiger partial charge in [-0.3, -0.25) is 4.98 Å². The Kier molecular flexibility index (Phi) is 5.95. The Morgan fingerprint density at radius 2 is 2.07 bits per heavy atom. The van der Waals surface area contributed by atoms with Crippen LogP contribution in [0.3, 0.4) is 0 Å². The van der Waals surface area contributed by atoms with Crippen molar-refractivity contribution in [3.05, 3.63) is 89.0 Å². The largest absolute Gasteiger partial charge is 0.478 e. The van der Waals surface area contributed by atoms with Gasteiger partial charge in [0.15, 0.2) is 0 Å². The lowest BCUT2D eigenvalue weighted by Gasteiger charge is -2.26. The maximum Gasteiger partial charge on any atom is 0.336 e. The first kappa shape index (κ1) is 19.6. The molecule has 3 nitrogen and oxygen atoms in total. The van der Waals surface area contributed by atoms with Crippen molar-refractivity contribution in [1.29, 1.82) is 0 Å². The third-order valence-electron chi connectivity index (χ3n) is 5.51. The van der Waals surface area contributed by atoms with Crippen LogP contribution in [0.1, 0.15) is 52.2 Å². The van der Waals surface area contributed by atoms with Gasteiger partial charge in [-0.05, 0) is 85.0 Å². The van der Waals surface area contributed by atoms with Gasteiger partial charge in [-0.25, -0.2) is 9.18 Å². The molecule has 1 heterocycles. The van der Waals surface area contributed by atoms with E-state index in [1.807, 2.05) is 6.07 Å². The summed E-state index contributed by atoms with van der Waals surface area (Å²) in [6, 6.07) is 14.8. The van der Waals surface area contributed by atoms with E-state index in [9.17, 15) is 14.3 Å². The summed E-state index contributed by atoms with van der Waals surface area (Å²) in [4.78, 5) is 17.2. The number of benzene rings is 2. The average molecular weight is 408 g/mol. The zero-order valence-corrected chi connectivity index (χ0v) is 16.8. The van der Waals surface area contributed by atoms with E-state index in [1.165, 1.54) is 35.2 Å². The highest BCUT2D eigenvalue weighted by Gasteiger charge is 2.21. The number of rotatable bonds is 6. The van der Waals surface area contributed by atoms with Crippen LogP contribution in [0.15, 0.2) is 70.7 Å². The molecule has 5 heteroatoms. The van der Waals surface area contributed by atoms with Crippen molar-refractivity contribution >= 4 is 17.7 Å². The topological polar surface area (TPSA) is 50.2 Å². The molecule has 0 radical (unpaired) electrons. The highest BCUT2D eigenvalue weighted by Crippen LogP contribution is 2.38. The molecular formula is C24H22FNO2S. The minimum absolute atomic E-state index is 0.196. The molecule has 1 N–H and O–H groups in total. The number of halogens is 1. The van der Waals surface area contributed by atoms with Crippen LogP contribution in [-0.2, 0) is 12.8 Å². The molecule has 1 aliphatic carbocycles. The van der Waals surface area contributed by atoms with Crippen LogP contribution in [0.25, 0.3) is 0 Å². The van der Waals surface area contributed by atoms with Crippen LogP contribution in [-0.4, -0.2) is 16.1 Å². The Morgan fingerprint density at radius 1 is 1.21 bits per heavy atom. The summed E-state index contributed by atoms with van der Waals surface area (Å²) in [6.07, 6.45) is 8.05. The Balaban J connectivity index is 1.50. The van der Waals surface area contributed by atoms with Gasteiger partial charge in [-0.15, -0.1) is 0 Å². The van der Waals surface area contributed by atoms with Crippen LogP contribution in [0.4, 0.5) is 4.39 Å². The van der Waals surface area contributed by atoms with E-state index < -0.39 is 5.97 Å². The first-order chi connectivity index (χ1) is 14.1. The van der Waals surface area contributed by atoms with Crippen LogP contribution >= 0.6 is 11.8 Å². The molecule has 1 aliphatic rings. The molecule has 148 valence electrons. The standard InChI is InChI=1S/C24H22FNO2S/c25-22-6-1-2-7-23(22)29-19-10-11-20-16(4-3-5-17(20)14-19)8-9-18-15-26-13-12-21(18)24(27)28/h1-2,6-7,10-16H,3-5,8-9H2,(H,27,28)/t16-/m1/s1. The molecular weight excluding hydrogens is 385 g/mol. The highest BCUT2D eigenvalue weighted by molar-refractivity contribution is 7.99. The number of hydrogen-bond donors (Lipinski definition) is 1. The molecule has 0 fully saturated rings. The van der Waals surface area contributed by atoms with Crippen molar-refractivity contribution in [3.63, 3.8) is 0 Å². The lowest BCUT2D eigenvalue weighted by Crippen LogP contribution is -2.12. The number of carboxylic acids is 1. The van der Waals surface area contributed by atoms with E-state index in [2.05, 4.69) is 23.2 Å². The van der Waals surface area contributed by atoms with Crippen LogP contribution in [0, 0.1) is 5.82 Å². The molecule has 0 aliphatic heterocycles. The fourth-order valence-corrected chi connectivity index (χ4v) is 4.98. The van der Waals surface area contributed by atoms with Crippen molar-refractivity contribution < 1.29 is 14.3 Å². The minimum Gasteiger partial charge on any atom is -0.478 e. The van der Waals surface area contributed by atoms with E-state index in [-0.39, 0.29) is 5.82 Å². The normalized spacial score (nSPS) is 15.7. The van der Waals surface area contributed by atoms with Gasteiger partial charge in [-0.1, -0.05) is 30.0 Å². The lowest BCUT2D eigenvalue weighted by molar-refractivity contribution is 0.0695. The van der Waals surface area contributed by atoms with Gasteiger partial charge in [0.25, 0.3) is 0 Å². The summed E-state index contributed by atoms with van der Waals surface area (Å²) in [7, 11) is 0. The molecule has 3 aromatic rings. The van der Waals surface area contributed by atoms with E-state index in [4.69, 9.17) is 0 Å². The Bertz CT molecular complexity index is 1040. The summed E-state index contributed by atoms with van der Waals surface area (Å²) < 4.78 is 14.0. The molecule has 0 bridgehead atoms. The number of aromatic nitrogens is 1. The summed E-state index contributed by atoms with van der Waals surface area (Å²) >= 11 is 1.46. The average Bonchev–Trinajstić information content (AvgIpc) is 2.74. The number of fused-ring (bicyclic) bond motifs is 1. The summed E-state index contributed by atoms with van der Waals surface area (Å²) in [6.45, 7) is 0. The second kappa shape index (κ2) is 8.78. The third-order valence-corrected chi connectivity index (χ3v) is 6.55. The first-order valence-electron chi connectivity index (χ1n) is 9.83.